The Balaban J connectivity index is 1.80. The molecule has 0 bridgehead atoms. The van der Waals surface area contributed by atoms with Gasteiger partial charge in [0.2, 0.25) is 0 Å². The van der Waals surface area contributed by atoms with E-state index in [1.165, 1.54) is 25.7 Å². The van der Waals surface area contributed by atoms with Crippen molar-refractivity contribution in [3.05, 3.63) is 35.9 Å². The molecule has 0 aromatic heterocycles. The molecule has 1 aromatic carbocycles. The molecule has 112 valence electrons. The van der Waals surface area contributed by atoms with Crippen LogP contribution < -0.4 is 0 Å². The Morgan fingerprint density at radius 2 is 1.71 bits per heavy atom. The minimum atomic E-state index is -0.961. The molecule has 1 heterocycles. The maximum atomic E-state index is 11.3. The Hall–Kier alpha value is -1.30. The fourth-order valence-electron chi connectivity index (χ4n) is 3.67. The van der Waals surface area contributed by atoms with Crippen LogP contribution in [0.15, 0.2) is 30.3 Å². The van der Waals surface area contributed by atoms with Crippen molar-refractivity contribution in [2.45, 2.75) is 44.1 Å². The molecule has 2 aliphatic rings. The van der Waals surface area contributed by atoms with Gasteiger partial charge in [-0.05, 0) is 44.3 Å². The topological polar surface area (TPSA) is 23.5 Å². The van der Waals surface area contributed by atoms with Crippen LogP contribution >= 0.6 is 0 Å². The number of hydrogen-bond donors (Lipinski definition) is 1. The summed E-state index contributed by atoms with van der Waals surface area (Å²) in [4.78, 5) is 2.38. The second-order valence-electron chi connectivity index (χ2n) is 6.40. The molecular weight excluding hydrogens is 258 g/mol. The second-order valence-corrected chi connectivity index (χ2v) is 6.40. The van der Waals surface area contributed by atoms with Crippen LogP contribution in [0.3, 0.4) is 0 Å². The summed E-state index contributed by atoms with van der Waals surface area (Å²) in [5, 5.41) is 11.3. The fourth-order valence-corrected chi connectivity index (χ4v) is 3.67. The van der Waals surface area contributed by atoms with Crippen molar-refractivity contribution < 1.29 is 5.11 Å². The third kappa shape index (κ3) is 3.31. The standard InChI is InChI=1S/C19H25NO/c21-19(18-11-4-5-12-18,17-9-2-1-3-10-17)13-8-16-20-14-6-7-15-20/h1-3,9-10,18,21H,4-7,11-12,14-16H2/t19-/m0/s1. The molecule has 2 fully saturated rings. The molecule has 1 N–H and O–H groups in total. The lowest BCUT2D eigenvalue weighted by Crippen LogP contribution is -2.32. The van der Waals surface area contributed by atoms with Crippen LogP contribution in [-0.2, 0) is 5.60 Å². The highest BCUT2D eigenvalue weighted by atomic mass is 16.3. The van der Waals surface area contributed by atoms with Crippen molar-refractivity contribution in [3.8, 4) is 11.8 Å². The van der Waals surface area contributed by atoms with E-state index >= 15 is 0 Å². The molecule has 2 heteroatoms. The van der Waals surface area contributed by atoms with Crippen molar-refractivity contribution in [1.29, 1.82) is 0 Å². The van der Waals surface area contributed by atoms with Gasteiger partial charge in [-0.15, -0.1) is 0 Å². The summed E-state index contributed by atoms with van der Waals surface area (Å²) in [5.41, 5.74) is 0.00289. The number of hydrogen-bond acceptors (Lipinski definition) is 2. The van der Waals surface area contributed by atoms with Crippen LogP contribution in [-0.4, -0.2) is 29.6 Å². The molecule has 3 rings (SSSR count). The average molecular weight is 283 g/mol. The lowest BCUT2D eigenvalue weighted by molar-refractivity contribution is 0.0367. The van der Waals surface area contributed by atoms with Gasteiger partial charge in [-0.3, -0.25) is 4.90 Å². The lowest BCUT2D eigenvalue weighted by Gasteiger charge is -2.29. The normalized spacial score (nSPS) is 22.7. The van der Waals surface area contributed by atoms with Gasteiger partial charge >= 0.3 is 0 Å². The first-order valence-corrected chi connectivity index (χ1v) is 8.29. The maximum absolute atomic E-state index is 11.3. The molecule has 0 spiro atoms. The molecular formula is C19H25NO. The van der Waals surface area contributed by atoms with Crippen molar-refractivity contribution >= 4 is 0 Å². The largest absolute Gasteiger partial charge is 0.373 e. The fraction of sp³-hybridized carbons (Fsp3) is 0.579. The van der Waals surface area contributed by atoms with E-state index in [-0.39, 0.29) is 5.92 Å². The predicted molar refractivity (Wildman–Crippen MR) is 85.7 cm³/mol. The van der Waals surface area contributed by atoms with Gasteiger partial charge in [0, 0.05) is 5.92 Å². The zero-order valence-electron chi connectivity index (χ0n) is 12.7. The molecule has 0 radical (unpaired) electrons. The molecule has 1 saturated heterocycles. The number of aliphatic hydroxyl groups is 1. The monoisotopic (exact) mass is 283 g/mol. The minimum Gasteiger partial charge on any atom is -0.373 e. The van der Waals surface area contributed by atoms with E-state index < -0.39 is 5.60 Å². The summed E-state index contributed by atoms with van der Waals surface area (Å²) in [5.74, 6) is 6.80. The van der Waals surface area contributed by atoms with Crippen LogP contribution in [0, 0.1) is 17.8 Å². The van der Waals surface area contributed by atoms with Crippen LogP contribution in [0.2, 0.25) is 0 Å². The van der Waals surface area contributed by atoms with E-state index in [4.69, 9.17) is 0 Å². The van der Waals surface area contributed by atoms with Crippen LogP contribution in [0.4, 0.5) is 0 Å². The van der Waals surface area contributed by atoms with Crippen molar-refractivity contribution in [1.82, 2.24) is 4.90 Å². The third-order valence-corrected chi connectivity index (χ3v) is 4.94. The Morgan fingerprint density at radius 3 is 2.38 bits per heavy atom. The number of likely N-dealkylation sites (tertiary alicyclic amines) is 1. The van der Waals surface area contributed by atoms with Crippen LogP contribution in [0.1, 0.15) is 44.1 Å². The quantitative estimate of drug-likeness (QED) is 0.861. The molecule has 2 nitrogen and oxygen atoms in total. The number of rotatable bonds is 3. The first-order valence-electron chi connectivity index (χ1n) is 8.29. The van der Waals surface area contributed by atoms with E-state index in [1.807, 2.05) is 30.3 Å². The second kappa shape index (κ2) is 6.64. The maximum Gasteiger partial charge on any atom is 0.153 e. The Labute approximate surface area is 128 Å². The van der Waals surface area contributed by atoms with E-state index in [2.05, 4.69) is 16.7 Å². The van der Waals surface area contributed by atoms with Gasteiger partial charge in [0.1, 0.15) is 0 Å². The third-order valence-electron chi connectivity index (χ3n) is 4.94. The highest BCUT2D eigenvalue weighted by Crippen LogP contribution is 2.40. The first kappa shape index (κ1) is 14.6. The molecule has 1 atom stereocenters. The van der Waals surface area contributed by atoms with E-state index in [1.54, 1.807) is 0 Å². The molecule has 0 amide bonds. The highest BCUT2D eigenvalue weighted by Gasteiger charge is 2.38. The zero-order chi connectivity index (χ0) is 14.5. The Morgan fingerprint density at radius 1 is 1.05 bits per heavy atom. The summed E-state index contributed by atoms with van der Waals surface area (Å²) < 4.78 is 0. The van der Waals surface area contributed by atoms with Crippen molar-refractivity contribution in [2.75, 3.05) is 19.6 Å². The van der Waals surface area contributed by atoms with Gasteiger partial charge in [-0.1, -0.05) is 55.0 Å². The molecule has 1 aliphatic carbocycles. The molecule has 1 saturated carbocycles. The van der Waals surface area contributed by atoms with E-state index in [0.29, 0.717) is 0 Å². The van der Waals surface area contributed by atoms with Crippen molar-refractivity contribution in [2.24, 2.45) is 5.92 Å². The summed E-state index contributed by atoms with van der Waals surface area (Å²) in [6, 6.07) is 10.0. The highest BCUT2D eigenvalue weighted by molar-refractivity contribution is 5.33. The smallest absolute Gasteiger partial charge is 0.153 e. The molecule has 0 unspecified atom stereocenters. The van der Waals surface area contributed by atoms with Gasteiger partial charge in [-0.25, -0.2) is 0 Å². The van der Waals surface area contributed by atoms with Gasteiger partial charge in [-0.2, -0.15) is 0 Å². The number of benzene rings is 1. The summed E-state index contributed by atoms with van der Waals surface area (Å²) in [6.07, 6.45) is 7.18. The van der Waals surface area contributed by atoms with Gasteiger partial charge in [0.25, 0.3) is 0 Å². The van der Waals surface area contributed by atoms with Gasteiger partial charge < -0.3 is 5.11 Å². The minimum absolute atomic E-state index is 0.283. The first-order chi connectivity index (χ1) is 10.3. The molecule has 21 heavy (non-hydrogen) atoms. The summed E-state index contributed by atoms with van der Waals surface area (Å²) >= 11 is 0. The summed E-state index contributed by atoms with van der Waals surface area (Å²) in [6.45, 7) is 3.10. The van der Waals surface area contributed by atoms with Crippen LogP contribution in [0.5, 0.6) is 0 Å². The zero-order valence-corrected chi connectivity index (χ0v) is 12.7. The average Bonchev–Trinajstić information content (AvgIpc) is 3.21. The van der Waals surface area contributed by atoms with Crippen molar-refractivity contribution in [3.63, 3.8) is 0 Å². The SMILES string of the molecule is O[C@@](C#CCN1CCCC1)(c1ccccc1)C1CCCC1. The van der Waals surface area contributed by atoms with Gasteiger partial charge in [0.05, 0.1) is 6.54 Å². The number of nitrogens with zero attached hydrogens (tertiary/aromatic N) is 1. The Kier molecular flexibility index (Phi) is 4.63. The summed E-state index contributed by atoms with van der Waals surface area (Å²) in [7, 11) is 0. The molecule has 1 aromatic rings. The predicted octanol–water partition coefficient (Wildman–Crippen LogP) is 3.16. The Bertz CT molecular complexity index is 503. The van der Waals surface area contributed by atoms with E-state index in [0.717, 1.165) is 38.0 Å². The van der Waals surface area contributed by atoms with Crippen LogP contribution in [0.25, 0.3) is 0 Å². The lowest BCUT2D eigenvalue weighted by atomic mass is 9.80. The molecule has 1 aliphatic heterocycles. The van der Waals surface area contributed by atoms with Gasteiger partial charge in [0.15, 0.2) is 5.60 Å². The van der Waals surface area contributed by atoms with E-state index in [9.17, 15) is 5.11 Å².